The Morgan fingerprint density at radius 2 is 2.36 bits per heavy atom. The van der Waals surface area contributed by atoms with Gasteiger partial charge in [-0.1, -0.05) is 13.8 Å². The van der Waals surface area contributed by atoms with Crippen LogP contribution in [-0.2, 0) is 0 Å². The Balaban J connectivity index is 2.46. The van der Waals surface area contributed by atoms with Crippen LogP contribution in [0.15, 0.2) is 0 Å². The Morgan fingerprint density at radius 1 is 1.64 bits per heavy atom. The van der Waals surface area contributed by atoms with E-state index < -0.39 is 0 Å². The molecule has 1 aliphatic heterocycles. The molecule has 2 unspecified atom stereocenters. The maximum atomic E-state index is 11.7. The quantitative estimate of drug-likeness (QED) is 0.705. The van der Waals surface area contributed by atoms with Gasteiger partial charge in [-0.2, -0.15) is 0 Å². The van der Waals surface area contributed by atoms with E-state index in [0.717, 1.165) is 25.9 Å². The van der Waals surface area contributed by atoms with Gasteiger partial charge in [0.1, 0.15) is 0 Å². The summed E-state index contributed by atoms with van der Waals surface area (Å²) in [4.78, 5) is 13.6. The first-order valence-electron chi connectivity index (χ1n) is 5.45. The fraction of sp³-hybridized carbons (Fsp3) is 0.900. The minimum Gasteiger partial charge on any atom is -0.338 e. The van der Waals surface area contributed by atoms with Crippen LogP contribution in [0.25, 0.3) is 0 Å². The van der Waals surface area contributed by atoms with E-state index in [9.17, 15) is 4.79 Å². The van der Waals surface area contributed by atoms with E-state index in [2.05, 4.69) is 12.2 Å². The van der Waals surface area contributed by atoms with Gasteiger partial charge in [-0.3, -0.25) is 0 Å². The molecular formula is C10H21N3O. The van der Waals surface area contributed by atoms with Crippen molar-refractivity contribution in [2.75, 3.05) is 19.6 Å². The number of hydrogen-bond donors (Lipinski definition) is 2. The van der Waals surface area contributed by atoms with Crippen molar-refractivity contribution in [1.29, 1.82) is 0 Å². The lowest BCUT2D eigenvalue weighted by Gasteiger charge is -2.25. The molecule has 14 heavy (non-hydrogen) atoms. The van der Waals surface area contributed by atoms with E-state index in [1.54, 1.807) is 0 Å². The summed E-state index contributed by atoms with van der Waals surface area (Å²) >= 11 is 0. The summed E-state index contributed by atoms with van der Waals surface area (Å²) in [7, 11) is 0. The molecule has 2 atom stereocenters. The molecule has 0 aromatic rings. The van der Waals surface area contributed by atoms with Crippen LogP contribution in [0.5, 0.6) is 0 Å². The van der Waals surface area contributed by atoms with Gasteiger partial charge >= 0.3 is 6.03 Å². The number of likely N-dealkylation sites (tertiary alicyclic amines) is 1. The lowest BCUT2D eigenvalue weighted by Crippen LogP contribution is -2.47. The van der Waals surface area contributed by atoms with E-state index >= 15 is 0 Å². The fourth-order valence-corrected chi connectivity index (χ4v) is 1.95. The van der Waals surface area contributed by atoms with E-state index in [-0.39, 0.29) is 12.1 Å². The van der Waals surface area contributed by atoms with Gasteiger partial charge in [0.2, 0.25) is 0 Å². The zero-order valence-electron chi connectivity index (χ0n) is 9.12. The molecule has 0 bridgehead atoms. The second kappa shape index (κ2) is 5.20. The Labute approximate surface area is 85.8 Å². The fourth-order valence-electron chi connectivity index (χ4n) is 1.95. The molecule has 1 aliphatic rings. The molecule has 4 nitrogen and oxygen atoms in total. The number of nitrogens with zero attached hydrogens (tertiary/aromatic N) is 1. The van der Waals surface area contributed by atoms with Crippen LogP contribution < -0.4 is 11.1 Å². The summed E-state index contributed by atoms with van der Waals surface area (Å²) in [5, 5.41) is 2.89. The molecule has 2 amide bonds. The normalized spacial score (nSPS) is 26.6. The minimum atomic E-state index is 0.0478. The van der Waals surface area contributed by atoms with Crippen molar-refractivity contribution in [2.24, 2.45) is 11.7 Å². The van der Waals surface area contributed by atoms with Crippen molar-refractivity contribution in [2.45, 2.75) is 32.7 Å². The minimum absolute atomic E-state index is 0.0478. The average molecular weight is 199 g/mol. The summed E-state index contributed by atoms with van der Waals surface area (Å²) < 4.78 is 0. The van der Waals surface area contributed by atoms with Gasteiger partial charge in [-0.25, -0.2) is 4.79 Å². The second-order valence-corrected chi connectivity index (χ2v) is 3.99. The molecular weight excluding hydrogens is 178 g/mol. The molecule has 0 aliphatic carbocycles. The first-order valence-corrected chi connectivity index (χ1v) is 5.45. The lowest BCUT2D eigenvalue weighted by atomic mass is 10.0. The second-order valence-electron chi connectivity index (χ2n) is 3.99. The van der Waals surface area contributed by atoms with Crippen LogP contribution in [0.4, 0.5) is 4.79 Å². The van der Waals surface area contributed by atoms with E-state index in [4.69, 9.17) is 5.73 Å². The molecule has 1 saturated heterocycles. The summed E-state index contributed by atoms with van der Waals surface area (Å²) in [5.74, 6) is 0.535. The van der Waals surface area contributed by atoms with E-state index in [1.807, 2.05) is 11.8 Å². The Morgan fingerprint density at radius 3 is 2.93 bits per heavy atom. The highest BCUT2D eigenvalue weighted by Crippen LogP contribution is 2.22. The molecule has 4 heteroatoms. The molecule has 1 heterocycles. The Hall–Kier alpha value is -0.770. The highest BCUT2D eigenvalue weighted by molar-refractivity contribution is 5.74. The van der Waals surface area contributed by atoms with Crippen LogP contribution >= 0.6 is 0 Å². The van der Waals surface area contributed by atoms with Crippen molar-refractivity contribution in [3.05, 3.63) is 0 Å². The predicted molar refractivity (Wildman–Crippen MR) is 57.0 cm³/mol. The number of nitrogens with one attached hydrogen (secondary N) is 1. The van der Waals surface area contributed by atoms with E-state index in [0.29, 0.717) is 12.5 Å². The summed E-state index contributed by atoms with van der Waals surface area (Å²) in [6.07, 6.45) is 2.05. The Bertz CT molecular complexity index is 196. The molecule has 0 radical (unpaired) electrons. The van der Waals surface area contributed by atoms with Crippen molar-refractivity contribution >= 4 is 6.03 Å². The van der Waals surface area contributed by atoms with Gasteiger partial charge in [0.15, 0.2) is 0 Å². The third-order valence-corrected chi connectivity index (χ3v) is 2.91. The number of rotatable bonds is 3. The first-order chi connectivity index (χ1) is 6.70. The molecule has 1 rings (SSSR count). The molecule has 1 fully saturated rings. The standard InChI is InChI=1S/C10H21N3O/c1-3-5-12-10(14)13-6-4-8(2)9(13)7-11/h8-9H,3-7,11H2,1-2H3,(H,12,14). The highest BCUT2D eigenvalue weighted by atomic mass is 16.2. The molecule has 0 aromatic heterocycles. The largest absolute Gasteiger partial charge is 0.338 e. The van der Waals surface area contributed by atoms with Gasteiger partial charge in [0.05, 0.1) is 0 Å². The lowest BCUT2D eigenvalue weighted by molar-refractivity contribution is 0.188. The smallest absolute Gasteiger partial charge is 0.317 e. The van der Waals surface area contributed by atoms with Crippen molar-refractivity contribution in [1.82, 2.24) is 10.2 Å². The number of carbonyl (C=O) groups excluding carboxylic acids is 1. The summed E-state index contributed by atoms with van der Waals surface area (Å²) in [6.45, 7) is 6.37. The third-order valence-electron chi connectivity index (χ3n) is 2.91. The summed E-state index contributed by atoms with van der Waals surface area (Å²) in [5.41, 5.74) is 5.66. The molecule has 3 N–H and O–H groups in total. The number of amides is 2. The predicted octanol–water partition coefficient (Wildman–Crippen LogP) is 0.775. The van der Waals surface area contributed by atoms with Crippen LogP contribution in [0.2, 0.25) is 0 Å². The molecule has 82 valence electrons. The number of nitrogens with two attached hydrogens (primary N) is 1. The number of urea groups is 1. The zero-order chi connectivity index (χ0) is 10.6. The van der Waals surface area contributed by atoms with E-state index in [1.165, 1.54) is 0 Å². The molecule has 0 saturated carbocycles. The molecule has 0 aromatic carbocycles. The SMILES string of the molecule is CCCNC(=O)N1CCC(C)C1CN. The Kier molecular flexibility index (Phi) is 4.20. The highest BCUT2D eigenvalue weighted by Gasteiger charge is 2.32. The van der Waals surface area contributed by atoms with Gasteiger partial charge in [-0.05, 0) is 18.8 Å². The van der Waals surface area contributed by atoms with Crippen LogP contribution in [-0.4, -0.2) is 36.6 Å². The number of hydrogen-bond acceptors (Lipinski definition) is 2. The summed E-state index contributed by atoms with van der Waals surface area (Å²) in [6, 6.07) is 0.276. The van der Waals surface area contributed by atoms with Gasteiger partial charge in [-0.15, -0.1) is 0 Å². The van der Waals surface area contributed by atoms with Crippen molar-refractivity contribution in [3.8, 4) is 0 Å². The first kappa shape index (κ1) is 11.3. The maximum absolute atomic E-state index is 11.7. The van der Waals surface area contributed by atoms with Crippen LogP contribution in [0.1, 0.15) is 26.7 Å². The monoisotopic (exact) mass is 199 g/mol. The number of carbonyl (C=O) groups is 1. The molecule has 0 spiro atoms. The van der Waals surface area contributed by atoms with Gasteiger partial charge in [0, 0.05) is 25.7 Å². The van der Waals surface area contributed by atoms with Gasteiger partial charge in [0.25, 0.3) is 0 Å². The average Bonchev–Trinajstić information content (AvgIpc) is 2.55. The third kappa shape index (κ3) is 2.38. The van der Waals surface area contributed by atoms with Crippen LogP contribution in [0, 0.1) is 5.92 Å². The maximum Gasteiger partial charge on any atom is 0.317 e. The topological polar surface area (TPSA) is 58.4 Å². The van der Waals surface area contributed by atoms with Crippen LogP contribution in [0.3, 0.4) is 0 Å². The van der Waals surface area contributed by atoms with Crippen molar-refractivity contribution in [3.63, 3.8) is 0 Å². The zero-order valence-corrected chi connectivity index (χ0v) is 9.12. The van der Waals surface area contributed by atoms with Crippen molar-refractivity contribution < 1.29 is 4.79 Å². The van der Waals surface area contributed by atoms with Gasteiger partial charge < -0.3 is 16.0 Å².